The van der Waals surface area contributed by atoms with Crippen LogP contribution in [0.5, 0.6) is 11.5 Å². The molecule has 3 amide bonds. The van der Waals surface area contributed by atoms with Gasteiger partial charge >= 0.3 is 5.97 Å². The van der Waals surface area contributed by atoms with E-state index in [0.29, 0.717) is 11.3 Å². The summed E-state index contributed by atoms with van der Waals surface area (Å²) < 4.78 is 10.4. The molecule has 192 valence electrons. The number of cyclic esters (lactones) is 1. The van der Waals surface area contributed by atoms with Crippen molar-refractivity contribution in [3.05, 3.63) is 59.7 Å². The van der Waals surface area contributed by atoms with Crippen molar-refractivity contribution < 1.29 is 38.9 Å². The SMILES string of the molecule is COc1ccc(C(=O)N[C@@H]2C(=O)NCC(=O)N[C@@H](Cc3ccc(O)cc3)[C@H](O)CC(=O)O[C@@H]2C)cc1. The third kappa shape index (κ3) is 7.19. The van der Waals surface area contributed by atoms with Gasteiger partial charge in [0.1, 0.15) is 23.6 Å². The lowest BCUT2D eigenvalue weighted by Crippen LogP contribution is -2.56. The van der Waals surface area contributed by atoms with Crippen LogP contribution >= 0.6 is 0 Å². The predicted molar refractivity (Wildman–Crippen MR) is 127 cm³/mol. The van der Waals surface area contributed by atoms with Crippen LogP contribution in [0, 0.1) is 0 Å². The van der Waals surface area contributed by atoms with Gasteiger partial charge < -0.3 is 35.6 Å². The number of carbonyl (C=O) groups is 4. The zero-order valence-electron chi connectivity index (χ0n) is 19.9. The Morgan fingerprint density at radius 1 is 1.11 bits per heavy atom. The standard InChI is InChI=1S/C25H29N3O8/c1-14-23(28-24(33)16-5-9-18(35-2)10-6-16)25(34)26-13-21(31)27-19(20(30)12-22(32)36-14)11-15-3-7-17(29)8-4-15/h3-10,14,19-20,23,29-30H,11-13H2,1-2H3,(H,26,34)(H,27,31)(H,28,33)/t14-,19+,20-,23+/m1/s1. The highest BCUT2D eigenvalue weighted by Crippen LogP contribution is 2.16. The molecule has 5 N–H and O–H groups in total. The summed E-state index contributed by atoms with van der Waals surface area (Å²) in [6.45, 7) is 1.01. The lowest BCUT2D eigenvalue weighted by molar-refractivity contribution is -0.154. The fourth-order valence-electron chi connectivity index (χ4n) is 3.70. The van der Waals surface area contributed by atoms with Crippen LogP contribution in [-0.4, -0.2) is 71.9 Å². The number of hydrogen-bond acceptors (Lipinski definition) is 8. The highest BCUT2D eigenvalue weighted by molar-refractivity contribution is 5.98. The quantitative estimate of drug-likeness (QED) is 0.360. The molecule has 0 saturated carbocycles. The molecule has 0 bridgehead atoms. The number of amides is 3. The number of aliphatic hydroxyl groups is 1. The Morgan fingerprint density at radius 2 is 1.78 bits per heavy atom. The molecule has 0 aromatic heterocycles. The fourth-order valence-corrected chi connectivity index (χ4v) is 3.70. The maximum Gasteiger partial charge on any atom is 0.308 e. The molecule has 0 aliphatic carbocycles. The Kier molecular flexibility index (Phi) is 8.85. The third-order valence-electron chi connectivity index (χ3n) is 5.71. The number of esters is 1. The van der Waals surface area contributed by atoms with Gasteiger partial charge in [0.2, 0.25) is 11.8 Å². The molecule has 11 heteroatoms. The van der Waals surface area contributed by atoms with Crippen molar-refractivity contribution in [3.63, 3.8) is 0 Å². The Labute approximate surface area is 207 Å². The van der Waals surface area contributed by atoms with E-state index in [4.69, 9.17) is 9.47 Å². The summed E-state index contributed by atoms with van der Waals surface area (Å²) in [7, 11) is 1.49. The molecule has 1 heterocycles. The van der Waals surface area contributed by atoms with Gasteiger partial charge in [-0.3, -0.25) is 19.2 Å². The van der Waals surface area contributed by atoms with Crippen molar-refractivity contribution in [2.75, 3.05) is 13.7 Å². The van der Waals surface area contributed by atoms with E-state index in [9.17, 15) is 29.4 Å². The molecule has 4 atom stereocenters. The normalized spacial score (nSPS) is 23.2. The van der Waals surface area contributed by atoms with Gasteiger partial charge in [-0.25, -0.2) is 0 Å². The van der Waals surface area contributed by atoms with Crippen LogP contribution in [0.3, 0.4) is 0 Å². The molecule has 0 spiro atoms. The first-order valence-corrected chi connectivity index (χ1v) is 11.3. The number of carbonyl (C=O) groups excluding carboxylic acids is 4. The fraction of sp³-hybridized carbons (Fsp3) is 0.360. The Hall–Kier alpha value is -4.12. The largest absolute Gasteiger partial charge is 0.508 e. The number of phenolic OH excluding ortho intramolecular Hbond substituents is 1. The van der Waals surface area contributed by atoms with Crippen molar-refractivity contribution in [1.82, 2.24) is 16.0 Å². The first-order chi connectivity index (χ1) is 17.2. The number of rotatable bonds is 5. The molecule has 1 fully saturated rings. The molecular formula is C25H29N3O8. The average molecular weight is 500 g/mol. The topological polar surface area (TPSA) is 163 Å². The van der Waals surface area contributed by atoms with Crippen LogP contribution in [0.4, 0.5) is 0 Å². The molecule has 1 aliphatic rings. The number of aromatic hydroxyl groups is 1. The van der Waals surface area contributed by atoms with Crippen LogP contribution in [0.2, 0.25) is 0 Å². The summed E-state index contributed by atoms with van der Waals surface area (Å²) in [5.41, 5.74) is 0.954. The zero-order chi connectivity index (χ0) is 26.2. The van der Waals surface area contributed by atoms with Gasteiger partial charge in [-0.2, -0.15) is 0 Å². The van der Waals surface area contributed by atoms with E-state index in [1.54, 1.807) is 24.3 Å². The van der Waals surface area contributed by atoms with Crippen molar-refractivity contribution in [3.8, 4) is 11.5 Å². The first kappa shape index (κ1) is 26.5. The summed E-state index contributed by atoms with van der Waals surface area (Å²) >= 11 is 0. The molecule has 11 nitrogen and oxygen atoms in total. The van der Waals surface area contributed by atoms with Gasteiger partial charge in [0.25, 0.3) is 5.91 Å². The number of hydrogen-bond donors (Lipinski definition) is 5. The molecule has 3 rings (SSSR count). The van der Waals surface area contributed by atoms with E-state index in [1.165, 1.54) is 38.3 Å². The average Bonchev–Trinajstić information content (AvgIpc) is 2.85. The highest BCUT2D eigenvalue weighted by Gasteiger charge is 2.33. The predicted octanol–water partition coefficient (Wildman–Crippen LogP) is 0.0392. The minimum atomic E-state index is -1.29. The van der Waals surface area contributed by atoms with Crippen LogP contribution in [-0.2, 0) is 25.5 Å². The number of aliphatic hydroxyl groups excluding tert-OH is 1. The van der Waals surface area contributed by atoms with Gasteiger partial charge in [-0.15, -0.1) is 0 Å². The minimum Gasteiger partial charge on any atom is -0.508 e. The summed E-state index contributed by atoms with van der Waals surface area (Å²) in [6, 6.07) is 10.2. The second-order valence-electron chi connectivity index (χ2n) is 8.41. The number of methoxy groups -OCH3 is 1. The smallest absolute Gasteiger partial charge is 0.308 e. The van der Waals surface area contributed by atoms with Crippen molar-refractivity contribution in [1.29, 1.82) is 0 Å². The maximum atomic E-state index is 12.8. The minimum absolute atomic E-state index is 0.0657. The number of nitrogens with one attached hydrogen (secondary N) is 3. The van der Waals surface area contributed by atoms with E-state index in [1.807, 2.05) is 0 Å². The lowest BCUT2D eigenvalue weighted by Gasteiger charge is -2.28. The van der Waals surface area contributed by atoms with Gasteiger partial charge in [0.05, 0.1) is 32.2 Å². The molecule has 0 unspecified atom stereocenters. The van der Waals surface area contributed by atoms with Crippen LogP contribution in [0.1, 0.15) is 29.3 Å². The summed E-state index contributed by atoms with van der Waals surface area (Å²) in [4.78, 5) is 50.6. The molecule has 2 aromatic carbocycles. The summed E-state index contributed by atoms with van der Waals surface area (Å²) in [5, 5.41) is 27.7. The zero-order valence-corrected chi connectivity index (χ0v) is 19.9. The molecule has 1 aliphatic heterocycles. The van der Waals surface area contributed by atoms with Gasteiger partial charge in [-0.05, 0) is 55.3 Å². The Morgan fingerprint density at radius 3 is 2.42 bits per heavy atom. The molecule has 0 radical (unpaired) electrons. The monoisotopic (exact) mass is 499 g/mol. The van der Waals surface area contributed by atoms with Crippen LogP contribution in [0.25, 0.3) is 0 Å². The van der Waals surface area contributed by atoms with E-state index >= 15 is 0 Å². The van der Waals surface area contributed by atoms with E-state index < -0.39 is 60.9 Å². The van der Waals surface area contributed by atoms with Crippen LogP contribution in [0.15, 0.2) is 48.5 Å². The summed E-state index contributed by atoms with van der Waals surface area (Å²) in [5.74, 6) is -2.10. The van der Waals surface area contributed by atoms with Crippen molar-refractivity contribution in [2.45, 2.75) is 44.1 Å². The molecular weight excluding hydrogens is 470 g/mol. The highest BCUT2D eigenvalue weighted by atomic mass is 16.5. The van der Waals surface area contributed by atoms with E-state index in [0.717, 1.165) is 0 Å². The molecule has 36 heavy (non-hydrogen) atoms. The third-order valence-corrected chi connectivity index (χ3v) is 5.71. The van der Waals surface area contributed by atoms with Gasteiger partial charge in [0.15, 0.2) is 0 Å². The second-order valence-corrected chi connectivity index (χ2v) is 8.41. The van der Waals surface area contributed by atoms with E-state index in [-0.39, 0.29) is 17.7 Å². The number of phenols is 1. The number of ether oxygens (including phenoxy) is 2. The maximum absolute atomic E-state index is 12.8. The lowest BCUT2D eigenvalue weighted by atomic mass is 9.98. The van der Waals surface area contributed by atoms with Crippen LogP contribution < -0.4 is 20.7 Å². The van der Waals surface area contributed by atoms with Gasteiger partial charge in [0, 0.05) is 5.56 Å². The summed E-state index contributed by atoms with van der Waals surface area (Å²) in [6.07, 6.45) is -2.66. The molecule has 2 aromatic rings. The van der Waals surface area contributed by atoms with Crippen molar-refractivity contribution >= 4 is 23.7 Å². The first-order valence-electron chi connectivity index (χ1n) is 11.3. The Bertz CT molecular complexity index is 1090. The molecule has 1 saturated heterocycles. The Balaban J connectivity index is 1.73. The van der Waals surface area contributed by atoms with E-state index in [2.05, 4.69) is 16.0 Å². The second kappa shape index (κ2) is 12.0. The van der Waals surface area contributed by atoms with Gasteiger partial charge in [-0.1, -0.05) is 12.1 Å². The number of benzene rings is 2. The van der Waals surface area contributed by atoms with Crippen molar-refractivity contribution in [2.24, 2.45) is 0 Å².